The average Bonchev–Trinajstić information content (AvgIpc) is 3.00. The zero-order valence-corrected chi connectivity index (χ0v) is 22.7. The Bertz CT molecular complexity index is 1460. The highest BCUT2D eigenvalue weighted by molar-refractivity contribution is 6.02. The van der Waals surface area contributed by atoms with E-state index in [2.05, 4.69) is 35.8 Å². The zero-order chi connectivity index (χ0) is 28.3. The SMILES string of the molecule is C=CCc1cc(/C=C(/C#N)C(=O)N2CCN(c3ccccc3)CC2)cc(OCC)c1OCc1ccccc1C#N. The molecule has 0 N–H and O–H groups in total. The number of para-hydroxylation sites is 1. The van der Waals surface area contributed by atoms with Crippen LogP contribution in [0.3, 0.4) is 0 Å². The number of hydrogen-bond acceptors (Lipinski definition) is 6. The number of hydrogen-bond donors (Lipinski definition) is 0. The third-order valence-electron chi connectivity index (χ3n) is 6.68. The molecule has 0 bridgehead atoms. The lowest BCUT2D eigenvalue weighted by Gasteiger charge is -2.36. The number of piperazine rings is 1. The van der Waals surface area contributed by atoms with Gasteiger partial charge in [0.2, 0.25) is 0 Å². The van der Waals surface area contributed by atoms with E-state index in [1.54, 1.807) is 29.2 Å². The molecule has 0 unspecified atom stereocenters. The van der Waals surface area contributed by atoms with E-state index in [9.17, 15) is 15.3 Å². The van der Waals surface area contributed by atoms with Crippen LogP contribution in [0.15, 0.2) is 85.0 Å². The highest BCUT2D eigenvalue weighted by Gasteiger charge is 2.24. The molecule has 4 rings (SSSR count). The normalized spacial score (nSPS) is 13.2. The molecule has 7 heteroatoms. The molecule has 0 saturated carbocycles. The number of allylic oxidation sites excluding steroid dienone is 1. The fourth-order valence-corrected chi connectivity index (χ4v) is 4.69. The smallest absolute Gasteiger partial charge is 0.264 e. The van der Waals surface area contributed by atoms with E-state index < -0.39 is 0 Å². The number of anilines is 1. The summed E-state index contributed by atoms with van der Waals surface area (Å²) in [5.74, 6) is 0.768. The van der Waals surface area contributed by atoms with Gasteiger partial charge in [-0.15, -0.1) is 6.58 Å². The van der Waals surface area contributed by atoms with Gasteiger partial charge in [0.25, 0.3) is 5.91 Å². The Hall–Kier alpha value is -5.01. The molecule has 1 saturated heterocycles. The van der Waals surface area contributed by atoms with Crippen LogP contribution in [0.5, 0.6) is 11.5 Å². The van der Waals surface area contributed by atoms with Crippen molar-refractivity contribution in [3.05, 3.63) is 107 Å². The molecule has 1 fully saturated rings. The summed E-state index contributed by atoms with van der Waals surface area (Å²) < 4.78 is 12.1. The highest BCUT2D eigenvalue weighted by atomic mass is 16.5. The second kappa shape index (κ2) is 13.7. The largest absolute Gasteiger partial charge is 0.490 e. The van der Waals surface area contributed by atoms with Crippen LogP contribution in [-0.4, -0.2) is 43.6 Å². The topological polar surface area (TPSA) is 89.6 Å². The maximum absolute atomic E-state index is 13.3. The summed E-state index contributed by atoms with van der Waals surface area (Å²) in [7, 11) is 0. The molecule has 202 valence electrons. The summed E-state index contributed by atoms with van der Waals surface area (Å²) >= 11 is 0. The van der Waals surface area contributed by atoms with E-state index in [-0.39, 0.29) is 18.1 Å². The van der Waals surface area contributed by atoms with Crippen molar-refractivity contribution in [2.24, 2.45) is 0 Å². The highest BCUT2D eigenvalue weighted by Crippen LogP contribution is 2.35. The molecule has 3 aromatic rings. The first-order chi connectivity index (χ1) is 19.6. The molecular weight excluding hydrogens is 500 g/mol. The summed E-state index contributed by atoms with van der Waals surface area (Å²) in [5.41, 5.74) is 3.98. The van der Waals surface area contributed by atoms with Gasteiger partial charge in [-0.05, 0) is 55.3 Å². The lowest BCUT2D eigenvalue weighted by Crippen LogP contribution is -2.49. The Kier molecular flexibility index (Phi) is 9.58. The predicted octanol–water partition coefficient (Wildman–Crippen LogP) is 5.52. The number of nitrogens with zero attached hydrogens (tertiary/aromatic N) is 4. The molecule has 0 atom stereocenters. The second-order valence-electron chi connectivity index (χ2n) is 9.28. The van der Waals surface area contributed by atoms with Crippen molar-refractivity contribution in [1.82, 2.24) is 4.90 Å². The van der Waals surface area contributed by atoms with Crippen LogP contribution in [-0.2, 0) is 17.8 Å². The van der Waals surface area contributed by atoms with Crippen molar-refractivity contribution in [2.75, 3.05) is 37.7 Å². The Morgan fingerprint density at radius 3 is 2.38 bits per heavy atom. The third-order valence-corrected chi connectivity index (χ3v) is 6.68. The van der Waals surface area contributed by atoms with Gasteiger partial charge in [-0.2, -0.15) is 10.5 Å². The number of carbonyl (C=O) groups excluding carboxylic acids is 1. The van der Waals surface area contributed by atoms with Crippen molar-refractivity contribution in [3.63, 3.8) is 0 Å². The molecule has 1 aliphatic rings. The summed E-state index contributed by atoms with van der Waals surface area (Å²) in [6, 6.07) is 25.3. The van der Waals surface area contributed by atoms with Gasteiger partial charge >= 0.3 is 0 Å². The lowest BCUT2D eigenvalue weighted by atomic mass is 10.0. The molecule has 0 aromatic heterocycles. The monoisotopic (exact) mass is 532 g/mol. The second-order valence-corrected chi connectivity index (χ2v) is 9.28. The van der Waals surface area contributed by atoms with Crippen molar-refractivity contribution in [1.29, 1.82) is 10.5 Å². The van der Waals surface area contributed by atoms with Crippen LogP contribution >= 0.6 is 0 Å². The van der Waals surface area contributed by atoms with Crippen molar-refractivity contribution >= 4 is 17.7 Å². The number of carbonyl (C=O) groups is 1. The average molecular weight is 533 g/mol. The van der Waals surface area contributed by atoms with Crippen LogP contribution < -0.4 is 14.4 Å². The van der Waals surface area contributed by atoms with E-state index >= 15 is 0 Å². The molecule has 0 radical (unpaired) electrons. The van der Waals surface area contributed by atoms with Gasteiger partial charge in [0.05, 0.1) is 18.2 Å². The van der Waals surface area contributed by atoms with Gasteiger partial charge in [-0.1, -0.05) is 42.5 Å². The van der Waals surface area contributed by atoms with Gasteiger partial charge in [0.1, 0.15) is 18.2 Å². The molecule has 3 aromatic carbocycles. The Morgan fingerprint density at radius 1 is 0.975 bits per heavy atom. The zero-order valence-electron chi connectivity index (χ0n) is 22.7. The maximum Gasteiger partial charge on any atom is 0.264 e. The Morgan fingerprint density at radius 2 is 1.70 bits per heavy atom. The fraction of sp³-hybridized carbons (Fsp3) is 0.242. The molecular formula is C33H32N4O3. The summed E-state index contributed by atoms with van der Waals surface area (Å²) in [5, 5.41) is 19.3. The van der Waals surface area contributed by atoms with E-state index in [0.29, 0.717) is 61.8 Å². The number of amides is 1. The van der Waals surface area contributed by atoms with Gasteiger partial charge in [-0.3, -0.25) is 4.79 Å². The number of ether oxygens (including phenoxy) is 2. The standard InChI is InChI=1S/C33H32N4O3/c1-3-10-26-19-25(21-31(39-4-2)32(26)40-24-28-12-9-8-11-27(28)22-34)20-29(23-35)33(38)37-17-15-36(16-18-37)30-13-6-5-7-14-30/h3,5-9,11-14,19-21H,1,4,10,15-18,24H2,2H3/b29-20-. The maximum atomic E-state index is 13.3. The first-order valence-electron chi connectivity index (χ1n) is 13.3. The molecule has 1 aliphatic heterocycles. The quantitative estimate of drug-likeness (QED) is 0.194. The van der Waals surface area contributed by atoms with E-state index in [4.69, 9.17) is 9.47 Å². The van der Waals surface area contributed by atoms with Crippen LogP contribution in [0.25, 0.3) is 6.08 Å². The van der Waals surface area contributed by atoms with Crippen LogP contribution in [0, 0.1) is 22.7 Å². The van der Waals surface area contributed by atoms with E-state index in [1.807, 2.05) is 49.4 Å². The molecule has 7 nitrogen and oxygen atoms in total. The van der Waals surface area contributed by atoms with Crippen molar-refractivity contribution < 1.29 is 14.3 Å². The number of rotatable bonds is 10. The van der Waals surface area contributed by atoms with E-state index in [0.717, 1.165) is 16.8 Å². The van der Waals surface area contributed by atoms with E-state index in [1.165, 1.54) is 0 Å². The van der Waals surface area contributed by atoms with Crippen LogP contribution in [0.2, 0.25) is 0 Å². The first kappa shape index (κ1) is 28.0. The predicted molar refractivity (Wildman–Crippen MR) is 156 cm³/mol. The fourth-order valence-electron chi connectivity index (χ4n) is 4.69. The first-order valence-corrected chi connectivity index (χ1v) is 13.3. The van der Waals surface area contributed by atoms with Crippen LogP contribution in [0.4, 0.5) is 5.69 Å². The molecule has 1 heterocycles. The third kappa shape index (κ3) is 6.70. The van der Waals surface area contributed by atoms with Gasteiger partial charge < -0.3 is 19.3 Å². The molecule has 40 heavy (non-hydrogen) atoms. The molecule has 0 spiro atoms. The minimum atomic E-state index is -0.285. The minimum Gasteiger partial charge on any atom is -0.490 e. The van der Waals surface area contributed by atoms with Crippen molar-refractivity contribution in [2.45, 2.75) is 20.0 Å². The van der Waals surface area contributed by atoms with Crippen molar-refractivity contribution in [3.8, 4) is 23.6 Å². The van der Waals surface area contributed by atoms with Crippen LogP contribution in [0.1, 0.15) is 29.2 Å². The molecule has 0 aliphatic carbocycles. The molecule has 1 amide bonds. The Balaban J connectivity index is 1.56. The number of benzene rings is 3. The summed E-state index contributed by atoms with van der Waals surface area (Å²) in [6.45, 7) is 8.83. The minimum absolute atomic E-state index is 0.0665. The van der Waals surface area contributed by atoms with Gasteiger partial charge in [0.15, 0.2) is 11.5 Å². The summed E-state index contributed by atoms with van der Waals surface area (Å²) in [4.78, 5) is 17.3. The summed E-state index contributed by atoms with van der Waals surface area (Å²) in [6.07, 6.45) is 3.86. The lowest BCUT2D eigenvalue weighted by molar-refractivity contribution is -0.126. The van der Waals surface area contributed by atoms with Gasteiger partial charge in [0, 0.05) is 43.0 Å². The van der Waals surface area contributed by atoms with Gasteiger partial charge in [-0.25, -0.2) is 0 Å². The number of nitriles is 2. The Labute approximate surface area is 235 Å².